The summed E-state index contributed by atoms with van der Waals surface area (Å²) in [6, 6.07) is 6.51. The van der Waals surface area contributed by atoms with Crippen LogP contribution in [0, 0.1) is 19.1 Å². The van der Waals surface area contributed by atoms with Crippen LogP contribution in [0.2, 0.25) is 0 Å². The Labute approximate surface area is 177 Å². The van der Waals surface area contributed by atoms with E-state index in [-0.39, 0.29) is 40.3 Å². The monoisotopic (exact) mass is 431 g/mol. The molecule has 2 atom stereocenters. The number of hydrogen-bond donors (Lipinski definition) is 3. The fourth-order valence-electron chi connectivity index (χ4n) is 3.73. The van der Waals surface area contributed by atoms with Gasteiger partial charge in [0.1, 0.15) is 0 Å². The van der Waals surface area contributed by atoms with Crippen molar-refractivity contribution in [2.45, 2.75) is 32.2 Å². The van der Waals surface area contributed by atoms with Crippen LogP contribution in [0.1, 0.15) is 29.3 Å². The Morgan fingerprint density at radius 1 is 1.30 bits per heavy atom. The number of allylic oxidation sites excluding steroid dienone is 1. The molecule has 1 aromatic carbocycles. The summed E-state index contributed by atoms with van der Waals surface area (Å²) in [5, 5.41) is 36.9. The van der Waals surface area contributed by atoms with Gasteiger partial charge in [0.2, 0.25) is 5.91 Å². The van der Waals surface area contributed by atoms with Crippen LogP contribution < -0.4 is 10.5 Å². The van der Waals surface area contributed by atoms with Crippen LogP contribution in [0.5, 0.6) is 0 Å². The molecule has 2 unspecified atom stereocenters. The molecule has 0 saturated carbocycles. The zero-order valence-corrected chi connectivity index (χ0v) is 17.4. The first-order valence-corrected chi connectivity index (χ1v) is 10.5. The summed E-state index contributed by atoms with van der Waals surface area (Å²) in [6.07, 6.45) is 4.62. The SMILES string of the molecule is Cc1nn(-c2ccccc2N([O-])O)c(C)c1C1C=CC(NC(=O)CSCC(=O)O)C1. The number of carboxylic acid groups (broad SMARTS) is 1. The average molecular weight is 431 g/mol. The number of amides is 1. The maximum atomic E-state index is 12.0. The Morgan fingerprint density at radius 3 is 2.73 bits per heavy atom. The van der Waals surface area contributed by atoms with Crippen molar-refractivity contribution in [1.82, 2.24) is 15.1 Å². The zero-order valence-electron chi connectivity index (χ0n) is 16.6. The van der Waals surface area contributed by atoms with Crippen molar-refractivity contribution in [3.05, 3.63) is 58.6 Å². The number of anilines is 1. The predicted molar refractivity (Wildman–Crippen MR) is 114 cm³/mol. The molecule has 1 heterocycles. The largest absolute Gasteiger partial charge is 0.733 e. The van der Waals surface area contributed by atoms with Crippen molar-refractivity contribution in [1.29, 1.82) is 0 Å². The quantitative estimate of drug-likeness (QED) is 0.429. The van der Waals surface area contributed by atoms with Crippen LogP contribution in [-0.2, 0) is 9.59 Å². The minimum atomic E-state index is -0.945. The molecule has 0 radical (unpaired) electrons. The van der Waals surface area contributed by atoms with E-state index in [1.165, 1.54) is 6.07 Å². The van der Waals surface area contributed by atoms with E-state index in [9.17, 15) is 20.0 Å². The summed E-state index contributed by atoms with van der Waals surface area (Å²) in [5.41, 5.74) is 3.23. The smallest absolute Gasteiger partial charge is 0.313 e. The van der Waals surface area contributed by atoms with Gasteiger partial charge in [-0.2, -0.15) is 5.10 Å². The molecule has 0 bridgehead atoms. The molecule has 3 rings (SSSR count). The Hall–Kier alpha value is -2.82. The van der Waals surface area contributed by atoms with Gasteiger partial charge in [-0.25, -0.2) is 4.68 Å². The van der Waals surface area contributed by atoms with Gasteiger partial charge in [-0.15, -0.1) is 11.8 Å². The number of hydrogen-bond acceptors (Lipinski definition) is 7. The summed E-state index contributed by atoms with van der Waals surface area (Å²) < 4.78 is 1.64. The standard InChI is InChI=1S/C20H23N4O5S/c1-12-20(13(2)23(22-12)16-5-3-4-6-17(16)24(28)29)14-7-8-15(9-14)21-18(25)10-30-11-19(26)27/h3-8,14-15,28H,9-11H2,1-2H3,(H,21,25)(H,26,27)/q-1. The minimum Gasteiger partial charge on any atom is -0.733 e. The summed E-state index contributed by atoms with van der Waals surface area (Å²) in [6.45, 7) is 3.79. The van der Waals surface area contributed by atoms with Crippen molar-refractivity contribution < 1.29 is 19.9 Å². The van der Waals surface area contributed by atoms with E-state index >= 15 is 0 Å². The van der Waals surface area contributed by atoms with Crippen molar-refractivity contribution >= 4 is 29.3 Å². The number of carbonyl (C=O) groups excluding carboxylic acids is 1. The topological polar surface area (TPSA) is 131 Å². The first-order valence-electron chi connectivity index (χ1n) is 9.36. The lowest BCUT2D eigenvalue weighted by molar-refractivity contribution is -0.133. The van der Waals surface area contributed by atoms with E-state index in [2.05, 4.69) is 10.4 Å². The first-order chi connectivity index (χ1) is 14.3. The van der Waals surface area contributed by atoms with E-state index in [4.69, 9.17) is 5.11 Å². The number of thioether (sulfide) groups is 1. The van der Waals surface area contributed by atoms with Crippen LogP contribution in [0.25, 0.3) is 5.69 Å². The fourth-order valence-corrected chi connectivity index (χ4v) is 4.28. The number of benzene rings is 1. The molecule has 0 fully saturated rings. The predicted octanol–water partition coefficient (Wildman–Crippen LogP) is 2.53. The maximum Gasteiger partial charge on any atom is 0.313 e. The Kier molecular flexibility index (Phi) is 6.80. The van der Waals surface area contributed by atoms with Crippen LogP contribution in [0.15, 0.2) is 36.4 Å². The average Bonchev–Trinajstić information content (AvgIpc) is 3.24. The second-order valence-electron chi connectivity index (χ2n) is 7.05. The number of aliphatic carboxylic acids is 1. The van der Waals surface area contributed by atoms with Gasteiger partial charge < -0.3 is 20.9 Å². The fraction of sp³-hybridized carbons (Fsp3) is 0.350. The summed E-state index contributed by atoms with van der Waals surface area (Å²) >= 11 is 1.06. The third kappa shape index (κ3) is 4.84. The lowest BCUT2D eigenvalue weighted by Crippen LogP contribution is -2.34. The molecule has 160 valence electrons. The number of nitrogens with zero attached hydrogens (tertiary/aromatic N) is 3. The van der Waals surface area contributed by atoms with Crippen molar-refractivity contribution in [2.75, 3.05) is 16.7 Å². The molecule has 1 aliphatic carbocycles. The molecule has 9 nitrogen and oxygen atoms in total. The number of carbonyl (C=O) groups is 2. The van der Waals surface area contributed by atoms with Gasteiger partial charge in [-0.05, 0) is 32.4 Å². The van der Waals surface area contributed by atoms with Crippen molar-refractivity contribution in [2.24, 2.45) is 0 Å². The molecule has 0 saturated heterocycles. The van der Waals surface area contributed by atoms with E-state index in [0.717, 1.165) is 28.7 Å². The van der Waals surface area contributed by atoms with Gasteiger partial charge in [0.05, 0.1) is 28.6 Å². The highest BCUT2D eigenvalue weighted by Crippen LogP contribution is 2.35. The molecule has 1 amide bonds. The van der Waals surface area contributed by atoms with Gasteiger partial charge in [-0.1, -0.05) is 24.3 Å². The molecule has 30 heavy (non-hydrogen) atoms. The van der Waals surface area contributed by atoms with Crippen molar-refractivity contribution in [3.8, 4) is 5.69 Å². The number of aryl methyl sites for hydroxylation is 1. The van der Waals surface area contributed by atoms with E-state index in [1.807, 2.05) is 26.0 Å². The maximum absolute atomic E-state index is 12.0. The Balaban J connectivity index is 1.72. The number of aromatic nitrogens is 2. The van der Waals surface area contributed by atoms with Crippen LogP contribution >= 0.6 is 11.8 Å². The third-order valence-electron chi connectivity index (χ3n) is 4.92. The van der Waals surface area contributed by atoms with Gasteiger partial charge in [0.15, 0.2) is 0 Å². The Morgan fingerprint density at radius 2 is 2.03 bits per heavy atom. The lowest BCUT2D eigenvalue weighted by Gasteiger charge is -2.24. The molecule has 1 aliphatic rings. The zero-order chi connectivity index (χ0) is 21.8. The van der Waals surface area contributed by atoms with Crippen LogP contribution in [-0.4, -0.2) is 49.5 Å². The molecule has 1 aromatic heterocycles. The molecule has 3 N–H and O–H groups in total. The van der Waals surface area contributed by atoms with Gasteiger partial charge in [-0.3, -0.25) is 14.8 Å². The molecular formula is C20H23N4O5S-. The number of nitrogens with one attached hydrogen (secondary N) is 1. The van der Waals surface area contributed by atoms with E-state index in [1.54, 1.807) is 22.9 Å². The number of para-hydroxylation sites is 2. The molecule has 2 aromatic rings. The van der Waals surface area contributed by atoms with Gasteiger partial charge in [0, 0.05) is 23.2 Å². The Bertz CT molecular complexity index is 972. The minimum absolute atomic E-state index is 0.0420. The van der Waals surface area contributed by atoms with Crippen LogP contribution in [0.3, 0.4) is 0 Å². The van der Waals surface area contributed by atoms with Crippen molar-refractivity contribution in [3.63, 3.8) is 0 Å². The lowest BCUT2D eigenvalue weighted by atomic mass is 9.96. The number of carboxylic acids is 1. The van der Waals surface area contributed by atoms with E-state index in [0.29, 0.717) is 12.1 Å². The normalized spacial score (nSPS) is 17.9. The van der Waals surface area contributed by atoms with Crippen LogP contribution in [0.4, 0.5) is 5.69 Å². The molecule has 10 heteroatoms. The highest BCUT2D eigenvalue weighted by atomic mass is 32.2. The molecule has 0 aliphatic heterocycles. The molecular weight excluding hydrogens is 408 g/mol. The first kappa shape index (κ1) is 21.9. The third-order valence-corrected chi connectivity index (χ3v) is 5.84. The number of rotatable bonds is 8. The highest BCUT2D eigenvalue weighted by Gasteiger charge is 2.27. The highest BCUT2D eigenvalue weighted by molar-refractivity contribution is 8.00. The molecule has 0 spiro atoms. The summed E-state index contributed by atoms with van der Waals surface area (Å²) in [5.74, 6) is -1.11. The second kappa shape index (κ2) is 9.33. The second-order valence-corrected chi connectivity index (χ2v) is 8.03. The van der Waals surface area contributed by atoms with E-state index < -0.39 is 5.97 Å². The van der Waals surface area contributed by atoms with Gasteiger partial charge >= 0.3 is 5.97 Å². The summed E-state index contributed by atoms with van der Waals surface area (Å²) in [7, 11) is 0. The summed E-state index contributed by atoms with van der Waals surface area (Å²) in [4.78, 5) is 22.6. The van der Waals surface area contributed by atoms with Gasteiger partial charge in [0.25, 0.3) is 0 Å².